The van der Waals surface area contributed by atoms with Crippen LogP contribution in [0.5, 0.6) is 0 Å². The number of nitrogens with zero attached hydrogens (tertiary/aromatic N) is 1. The van der Waals surface area contributed by atoms with Gasteiger partial charge in [-0.25, -0.2) is 0 Å². The molecule has 0 aromatic carbocycles. The lowest BCUT2D eigenvalue weighted by Gasteiger charge is -2.23. The molecule has 1 aliphatic heterocycles. The quantitative estimate of drug-likeness (QED) is 0.716. The predicted molar refractivity (Wildman–Crippen MR) is 66.0 cm³/mol. The standard InChI is InChI=1S/C12H25N3O/c1-9(2)7-14-12(16)10(3)15-5-4-11(6-13)8-15/h9-11H,4-8,13H2,1-3H3,(H,14,16). The van der Waals surface area contributed by atoms with E-state index in [1.54, 1.807) is 0 Å². The maximum atomic E-state index is 11.8. The van der Waals surface area contributed by atoms with Gasteiger partial charge in [0.1, 0.15) is 0 Å². The summed E-state index contributed by atoms with van der Waals surface area (Å²) in [6, 6.07) is -0.0182. The average molecular weight is 227 g/mol. The van der Waals surface area contributed by atoms with Crippen molar-refractivity contribution >= 4 is 5.91 Å². The first kappa shape index (κ1) is 13.5. The third-order valence-electron chi connectivity index (χ3n) is 3.26. The van der Waals surface area contributed by atoms with Crippen molar-refractivity contribution in [1.29, 1.82) is 0 Å². The number of carbonyl (C=O) groups excluding carboxylic acids is 1. The van der Waals surface area contributed by atoms with Crippen LogP contribution in [0.15, 0.2) is 0 Å². The Morgan fingerprint density at radius 3 is 2.69 bits per heavy atom. The summed E-state index contributed by atoms with van der Waals surface area (Å²) >= 11 is 0. The molecule has 1 amide bonds. The molecule has 1 aliphatic rings. The molecule has 1 heterocycles. The van der Waals surface area contributed by atoms with Crippen LogP contribution in [0.2, 0.25) is 0 Å². The van der Waals surface area contributed by atoms with Gasteiger partial charge in [-0.15, -0.1) is 0 Å². The van der Waals surface area contributed by atoms with Crippen molar-refractivity contribution in [2.24, 2.45) is 17.6 Å². The van der Waals surface area contributed by atoms with E-state index < -0.39 is 0 Å². The molecule has 1 fully saturated rings. The van der Waals surface area contributed by atoms with Crippen LogP contribution in [0.3, 0.4) is 0 Å². The second-order valence-corrected chi connectivity index (χ2v) is 5.20. The topological polar surface area (TPSA) is 58.4 Å². The molecular weight excluding hydrogens is 202 g/mol. The zero-order valence-corrected chi connectivity index (χ0v) is 10.7. The summed E-state index contributed by atoms with van der Waals surface area (Å²) in [7, 11) is 0. The van der Waals surface area contributed by atoms with Gasteiger partial charge in [0.15, 0.2) is 0 Å². The summed E-state index contributed by atoms with van der Waals surface area (Å²) in [6.45, 7) is 9.64. The lowest BCUT2D eigenvalue weighted by Crippen LogP contribution is -2.45. The molecule has 1 rings (SSSR count). The fourth-order valence-electron chi connectivity index (χ4n) is 2.03. The Kier molecular flexibility index (Phi) is 5.22. The number of nitrogens with one attached hydrogen (secondary N) is 1. The van der Waals surface area contributed by atoms with Gasteiger partial charge in [0, 0.05) is 13.1 Å². The van der Waals surface area contributed by atoms with E-state index in [4.69, 9.17) is 5.73 Å². The molecule has 0 bridgehead atoms. The van der Waals surface area contributed by atoms with Gasteiger partial charge < -0.3 is 11.1 Å². The van der Waals surface area contributed by atoms with E-state index in [1.165, 1.54) is 0 Å². The zero-order chi connectivity index (χ0) is 12.1. The summed E-state index contributed by atoms with van der Waals surface area (Å²) < 4.78 is 0. The van der Waals surface area contributed by atoms with Gasteiger partial charge in [0.05, 0.1) is 6.04 Å². The SMILES string of the molecule is CC(C)CNC(=O)C(C)N1CCC(CN)C1. The van der Waals surface area contributed by atoms with Crippen LogP contribution in [-0.4, -0.2) is 43.0 Å². The van der Waals surface area contributed by atoms with Gasteiger partial charge in [-0.1, -0.05) is 13.8 Å². The van der Waals surface area contributed by atoms with E-state index in [2.05, 4.69) is 24.1 Å². The van der Waals surface area contributed by atoms with E-state index in [-0.39, 0.29) is 11.9 Å². The summed E-state index contributed by atoms with van der Waals surface area (Å²) in [5.41, 5.74) is 5.64. The van der Waals surface area contributed by atoms with Gasteiger partial charge in [0.25, 0.3) is 0 Å². The number of hydrogen-bond acceptors (Lipinski definition) is 3. The molecular formula is C12H25N3O. The van der Waals surface area contributed by atoms with E-state index in [9.17, 15) is 4.79 Å². The van der Waals surface area contributed by atoms with Crippen molar-refractivity contribution in [3.63, 3.8) is 0 Å². The molecule has 1 saturated heterocycles. The first-order valence-electron chi connectivity index (χ1n) is 6.26. The maximum Gasteiger partial charge on any atom is 0.237 e. The van der Waals surface area contributed by atoms with Crippen LogP contribution in [-0.2, 0) is 4.79 Å². The van der Waals surface area contributed by atoms with Crippen LogP contribution < -0.4 is 11.1 Å². The van der Waals surface area contributed by atoms with Gasteiger partial charge in [-0.3, -0.25) is 9.69 Å². The minimum Gasteiger partial charge on any atom is -0.354 e. The van der Waals surface area contributed by atoms with Crippen LogP contribution in [0.4, 0.5) is 0 Å². The minimum atomic E-state index is -0.0182. The molecule has 0 radical (unpaired) electrons. The fraction of sp³-hybridized carbons (Fsp3) is 0.917. The largest absolute Gasteiger partial charge is 0.354 e. The fourth-order valence-corrected chi connectivity index (χ4v) is 2.03. The normalized spacial score (nSPS) is 23.7. The Hall–Kier alpha value is -0.610. The Labute approximate surface area is 98.6 Å². The van der Waals surface area contributed by atoms with E-state index in [1.807, 2.05) is 6.92 Å². The number of hydrogen-bond donors (Lipinski definition) is 2. The molecule has 0 aromatic rings. The van der Waals surface area contributed by atoms with Crippen LogP contribution >= 0.6 is 0 Å². The van der Waals surface area contributed by atoms with Gasteiger partial charge >= 0.3 is 0 Å². The van der Waals surface area contributed by atoms with E-state index in [0.29, 0.717) is 11.8 Å². The van der Waals surface area contributed by atoms with Crippen molar-refractivity contribution in [3.8, 4) is 0 Å². The zero-order valence-electron chi connectivity index (χ0n) is 10.7. The smallest absolute Gasteiger partial charge is 0.237 e. The van der Waals surface area contributed by atoms with Crippen molar-refractivity contribution in [2.45, 2.75) is 33.2 Å². The number of likely N-dealkylation sites (tertiary alicyclic amines) is 1. The third kappa shape index (κ3) is 3.76. The Morgan fingerprint density at radius 2 is 2.19 bits per heavy atom. The molecule has 0 spiro atoms. The van der Waals surface area contributed by atoms with Gasteiger partial charge in [-0.2, -0.15) is 0 Å². The monoisotopic (exact) mass is 227 g/mol. The summed E-state index contributed by atoms with van der Waals surface area (Å²) in [5.74, 6) is 1.22. The summed E-state index contributed by atoms with van der Waals surface area (Å²) in [5, 5.41) is 2.98. The predicted octanol–water partition coefficient (Wildman–Crippen LogP) is 0.428. The lowest BCUT2D eigenvalue weighted by molar-refractivity contribution is -0.125. The Bertz CT molecular complexity index is 230. The van der Waals surface area contributed by atoms with Crippen LogP contribution in [0.25, 0.3) is 0 Å². The van der Waals surface area contributed by atoms with Crippen LogP contribution in [0, 0.1) is 11.8 Å². The van der Waals surface area contributed by atoms with Crippen molar-refractivity contribution in [2.75, 3.05) is 26.2 Å². The number of nitrogens with two attached hydrogens (primary N) is 1. The molecule has 94 valence electrons. The third-order valence-corrected chi connectivity index (χ3v) is 3.26. The molecule has 16 heavy (non-hydrogen) atoms. The van der Waals surface area contributed by atoms with Crippen LogP contribution in [0.1, 0.15) is 27.2 Å². The second-order valence-electron chi connectivity index (χ2n) is 5.20. The highest BCUT2D eigenvalue weighted by Crippen LogP contribution is 2.17. The molecule has 3 N–H and O–H groups in total. The Balaban J connectivity index is 2.33. The number of carbonyl (C=O) groups is 1. The first-order chi connectivity index (χ1) is 7.54. The Morgan fingerprint density at radius 1 is 1.50 bits per heavy atom. The highest BCUT2D eigenvalue weighted by molar-refractivity contribution is 5.81. The molecule has 2 unspecified atom stereocenters. The average Bonchev–Trinajstić information content (AvgIpc) is 2.73. The molecule has 0 saturated carbocycles. The highest BCUT2D eigenvalue weighted by atomic mass is 16.2. The minimum absolute atomic E-state index is 0.0182. The lowest BCUT2D eigenvalue weighted by atomic mass is 10.1. The van der Waals surface area contributed by atoms with Crippen molar-refractivity contribution < 1.29 is 4.79 Å². The second kappa shape index (κ2) is 6.21. The van der Waals surface area contributed by atoms with Crippen molar-refractivity contribution in [3.05, 3.63) is 0 Å². The summed E-state index contributed by atoms with van der Waals surface area (Å²) in [4.78, 5) is 14.1. The highest BCUT2D eigenvalue weighted by Gasteiger charge is 2.28. The number of amides is 1. The molecule has 0 aromatic heterocycles. The molecule has 2 atom stereocenters. The van der Waals surface area contributed by atoms with E-state index >= 15 is 0 Å². The molecule has 4 heteroatoms. The summed E-state index contributed by atoms with van der Waals surface area (Å²) in [6.07, 6.45) is 1.12. The van der Waals surface area contributed by atoms with Gasteiger partial charge in [0.2, 0.25) is 5.91 Å². The van der Waals surface area contributed by atoms with E-state index in [0.717, 1.165) is 32.6 Å². The first-order valence-corrected chi connectivity index (χ1v) is 6.26. The number of rotatable bonds is 5. The molecule has 0 aliphatic carbocycles. The maximum absolute atomic E-state index is 11.8. The van der Waals surface area contributed by atoms with Crippen molar-refractivity contribution in [1.82, 2.24) is 10.2 Å². The van der Waals surface area contributed by atoms with Gasteiger partial charge in [-0.05, 0) is 38.3 Å². The molecule has 4 nitrogen and oxygen atoms in total.